The highest BCUT2D eigenvalue weighted by molar-refractivity contribution is 9.10. The first-order valence-electron chi connectivity index (χ1n) is 5.03. The van der Waals surface area contributed by atoms with Crippen molar-refractivity contribution in [2.24, 2.45) is 0 Å². The number of benzene rings is 1. The summed E-state index contributed by atoms with van der Waals surface area (Å²) >= 11 is 9.16. The second kappa shape index (κ2) is 5.10. The molecule has 0 aliphatic heterocycles. The van der Waals surface area contributed by atoms with Crippen molar-refractivity contribution < 1.29 is 8.81 Å². The lowest BCUT2D eigenvalue weighted by Crippen LogP contribution is -2.05. The van der Waals surface area contributed by atoms with Crippen LogP contribution in [0.3, 0.4) is 0 Å². The van der Waals surface area contributed by atoms with Crippen LogP contribution in [0.1, 0.15) is 18.7 Å². The largest absolute Gasteiger partial charge is 0.452 e. The van der Waals surface area contributed by atoms with Gasteiger partial charge in [-0.2, -0.15) is 0 Å². The lowest BCUT2D eigenvalue weighted by molar-refractivity contribution is 0.471. The Bertz CT molecular complexity index is 529. The van der Waals surface area contributed by atoms with Crippen molar-refractivity contribution in [1.29, 1.82) is 0 Å². The maximum absolute atomic E-state index is 12.9. The molecule has 0 fully saturated rings. The summed E-state index contributed by atoms with van der Waals surface area (Å²) in [5.74, 6) is 0.422. The SMILES string of the molecule is CC(Nc1ccc(F)cc1Cl)c1ccc(Br)o1. The molecule has 1 heterocycles. The van der Waals surface area contributed by atoms with Crippen LogP contribution < -0.4 is 5.32 Å². The molecule has 1 N–H and O–H groups in total. The van der Waals surface area contributed by atoms with E-state index in [4.69, 9.17) is 16.0 Å². The van der Waals surface area contributed by atoms with E-state index < -0.39 is 0 Å². The molecule has 2 aromatic rings. The van der Waals surface area contributed by atoms with Gasteiger partial charge in [-0.25, -0.2) is 4.39 Å². The third-order valence-corrected chi connectivity index (χ3v) is 3.06. The van der Waals surface area contributed by atoms with Crippen molar-refractivity contribution in [3.63, 3.8) is 0 Å². The third-order valence-electron chi connectivity index (χ3n) is 2.32. The predicted octanol–water partition coefficient (Wildman–Crippen LogP) is 5.01. The first-order chi connectivity index (χ1) is 8.06. The molecule has 17 heavy (non-hydrogen) atoms. The average molecular weight is 319 g/mol. The van der Waals surface area contributed by atoms with Crippen LogP contribution in [0.4, 0.5) is 10.1 Å². The third kappa shape index (κ3) is 3.01. The highest BCUT2D eigenvalue weighted by atomic mass is 79.9. The molecule has 0 aliphatic rings. The second-order valence-corrected chi connectivity index (χ2v) is 4.82. The number of hydrogen-bond acceptors (Lipinski definition) is 2. The topological polar surface area (TPSA) is 25.2 Å². The van der Waals surface area contributed by atoms with E-state index >= 15 is 0 Å². The van der Waals surface area contributed by atoms with Crippen LogP contribution in [0, 0.1) is 5.82 Å². The van der Waals surface area contributed by atoms with Crippen molar-refractivity contribution in [3.8, 4) is 0 Å². The second-order valence-electron chi connectivity index (χ2n) is 3.63. The van der Waals surface area contributed by atoms with E-state index in [1.54, 1.807) is 6.07 Å². The number of hydrogen-bond donors (Lipinski definition) is 1. The molecule has 2 rings (SSSR count). The molecular formula is C12H10BrClFNO. The molecular weight excluding hydrogens is 308 g/mol. The van der Waals surface area contributed by atoms with Crippen molar-refractivity contribution in [3.05, 3.63) is 51.6 Å². The molecule has 1 aromatic carbocycles. The summed E-state index contributed by atoms with van der Waals surface area (Å²) in [6, 6.07) is 7.86. The van der Waals surface area contributed by atoms with E-state index in [9.17, 15) is 4.39 Å². The molecule has 0 amide bonds. The average Bonchev–Trinajstić information content (AvgIpc) is 2.69. The summed E-state index contributed by atoms with van der Waals surface area (Å²) in [7, 11) is 0. The Balaban J connectivity index is 2.15. The quantitative estimate of drug-likeness (QED) is 0.860. The molecule has 0 radical (unpaired) electrons. The van der Waals surface area contributed by atoms with Crippen molar-refractivity contribution in [2.45, 2.75) is 13.0 Å². The first-order valence-corrected chi connectivity index (χ1v) is 6.20. The molecule has 1 unspecified atom stereocenters. The summed E-state index contributed by atoms with van der Waals surface area (Å²) in [6.07, 6.45) is 0. The van der Waals surface area contributed by atoms with Gasteiger partial charge in [0.2, 0.25) is 0 Å². The summed E-state index contributed by atoms with van der Waals surface area (Å²) in [4.78, 5) is 0. The lowest BCUT2D eigenvalue weighted by atomic mass is 10.2. The Hall–Kier alpha value is -1.000. The maximum Gasteiger partial charge on any atom is 0.169 e. The molecule has 1 atom stereocenters. The number of rotatable bonds is 3. The number of nitrogens with one attached hydrogen (secondary N) is 1. The lowest BCUT2D eigenvalue weighted by Gasteiger charge is -2.14. The minimum absolute atomic E-state index is 0.0516. The molecule has 5 heteroatoms. The van der Waals surface area contributed by atoms with Gasteiger partial charge in [0.15, 0.2) is 4.67 Å². The van der Waals surface area contributed by atoms with Gasteiger partial charge in [-0.05, 0) is 53.2 Å². The number of furan rings is 1. The molecule has 0 bridgehead atoms. The highest BCUT2D eigenvalue weighted by Crippen LogP contribution is 2.28. The highest BCUT2D eigenvalue weighted by Gasteiger charge is 2.11. The Morgan fingerprint density at radius 3 is 2.71 bits per heavy atom. The summed E-state index contributed by atoms with van der Waals surface area (Å²) < 4.78 is 19.0. The molecule has 1 aromatic heterocycles. The smallest absolute Gasteiger partial charge is 0.169 e. The zero-order valence-corrected chi connectivity index (χ0v) is 11.3. The summed E-state index contributed by atoms with van der Waals surface area (Å²) in [6.45, 7) is 1.94. The Morgan fingerprint density at radius 1 is 1.35 bits per heavy atom. The van der Waals surface area contributed by atoms with E-state index in [-0.39, 0.29) is 11.9 Å². The molecule has 90 valence electrons. The van der Waals surface area contributed by atoms with Crippen LogP contribution in [0.5, 0.6) is 0 Å². The van der Waals surface area contributed by atoms with Gasteiger partial charge in [0.1, 0.15) is 11.6 Å². The molecule has 0 saturated heterocycles. The van der Waals surface area contributed by atoms with E-state index in [0.717, 1.165) is 5.76 Å². The Morgan fingerprint density at radius 2 is 2.12 bits per heavy atom. The Kier molecular flexibility index (Phi) is 3.74. The standard InChI is InChI=1S/C12H10BrClFNO/c1-7(11-4-5-12(13)17-11)16-10-3-2-8(15)6-9(10)14/h2-7,16H,1H3. The van der Waals surface area contributed by atoms with E-state index in [1.165, 1.54) is 12.1 Å². The molecule has 0 spiro atoms. The monoisotopic (exact) mass is 317 g/mol. The number of halogens is 3. The van der Waals surface area contributed by atoms with Gasteiger partial charge < -0.3 is 9.73 Å². The van der Waals surface area contributed by atoms with Crippen LogP contribution in [-0.2, 0) is 0 Å². The fourth-order valence-electron chi connectivity index (χ4n) is 1.47. The van der Waals surface area contributed by atoms with E-state index in [1.807, 2.05) is 19.1 Å². The summed E-state index contributed by atoms with van der Waals surface area (Å²) in [5, 5.41) is 3.50. The Labute approximate surface area is 112 Å². The van der Waals surface area contributed by atoms with Gasteiger partial charge in [0.05, 0.1) is 16.8 Å². The van der Waals surface area contributed by atoms with Gasteiger partial charge in [0.25, 0.3) is 0 Å². The number of anilines is 1. The molecule has 2 nitrogen and oxygen atoms in total. The van der Waals surface area contributed by atoms with Crippen LogP contribution in [0.15, 0.2) is 39.4 Å². The van der Waals surface area contributed by atoms with Gasteiger partial charge in [-0.15, -0.1) is 0 Å². The van der Waals surface area contributed by atoms with Gasteiger partial charge in [-0.1, -0.05) is 11.6 Å². The van der Waals surface area contributed by atoms with Gasteiger partial charge in [0, 0.05) is 0 Å². The molecule has 0 aliphatic carbocycles. The van der Waals surface area contributed by atoms with Crippen molar-refractivity contribution in [2.75, 3.05) is 5.32 Å². The predicted molar refractivity (Wildman–Crippen MR) is 69.9 cm³/mol. The van der Waals surface area contributed by atoms with E-state index in [2.05, 4.69) is 21.2 Å². The summed E-state index contributed by atoms with van der Waals surface area (Å²) in [5.41, 5.74) is 0.674. The fraction of sp³-hybridized carbons (Fsp3) is 0.167. The zero-order chi connectivity index (χ0) is 12.4. The fourth-order valence-corrected chi connectivity index (χ4v) is 2.01. The van der Waals surface area contributed by atoms with Gasteiger partial charge >= 0.3 is 0 Å². The van der Waals surface area contributed by atoms with Crippen LogP contribution >= 0.6 is 27.5 Å². The van der Waals surface area contributed by atoms with Crippen molar-refractivity contribution in [1.82, 2.24) is 0 Å². The van der Waals surface area contributed by atoms with E-state index in [0.29, 0.717) is 15.4 Å². The van der Waals surface area contributed by atoms with Crippen LogP contribution in [0.2, 0.25) is 5.02 Å². The minimum Gasteiger partial charge on any atom is -0.452 e. The molecule has 0 saturated carbocycles. The van der Waals surface area contributed by atoms with Crippen LogP contribution in [0.25, 0.3) is 0 Å². The maximum atomic E-state index is 12.9. The first kappa shape index (κ1) is 12.5. The van der Waals surface area contributed by atoms with Gasteiger partial charge in [-0.3, -0.25) is 0 Å². The normalized spacial score (nSPS) is 12.5. The minimum atomic E-state index is -0.353. The van der Waals surface area contributed by atoms with Crippen molar-refractivity contribution >= 4 is 33.2 Å². The zero-order valence-electron chi connectivity index (χ0n) is 9.01. The van der Waals surface area contributed by atoms with Crippen LogP contribution in [-0.4, -0.2) is 0 Å².